The second-order valence-corrected chi connectivity index (χ2v) is 8.29. The normalized spacial score (nSPS) is 17.8. The summed E-state index contributed by atoms with van der Waals surface area (Å²) in [6, 6.07) is 6.42. The Morgan fingerprint density at radius 1 is 1.28 bits per heavy atom. The van der Waals surface area contributed by atoms with Crippen molar-refractivity contribution in [3.8, 4) is 0 Å². The van der Waals surface area contributed by atoms with Crippen LogP contribution in [0.25, 0.3) is 10.9 Å². The van der Waals surface area contributed by atoms with E-state index in [0.717, 1.165) is 48.7 Å². The molecule has 0 saturated heterocycles. The number of aromatic amines is 1. The number of aromatic nitrogens is 3. The minimum Gasteiger partial charge on any atom is -0.361 e. The van der Waals surface area contributed by atoms with Gasteiger partial charge in [0.15, 0.2) is 0 Å². The van der Waals surface area contributed by atoms with Gasteiger partial charge in [-0.15, -0.1) is 0 Å². The summed E-state index contributed by atoms with van der Waals surface area (Å²) < 4.78 is 1.13. The highest BCUT2D eigenvalue weighted by Crippen LogP contribution is 2.32. The molecule has 0 radical (unpaired) electrons. The molecule has 2 aromatic heterocycles. The first-order valence-corrected chi connectivity index (χ1v) is 9.85. The highest BCUT2D eigenvalue weighted by atomic mass is 79.9. The summed E-state index contributed by atoms with van der Waals surface area (Å²) >= 11 is 3.59. The van der Waals surface area contributed by atoms with Crippen LogP contribution in [0, 0.1) is 5.92 Å². The van der Waals surface area contributed by atoms with Crippen molar-refractivity contribution in [2.24, 2.45) is 5.92 Å². The molecule has 1 fully saturated rings. The maximum Gasteiger partial charge on any atom is 0.128 e. The van der Waals surface area contributed by atoms with E-state index in [0.29, 0.717) is 0 Å². The Morgan fingerprint density at radius 2 is 2.20 bits per heavy atom. The fraction of sp³-hybridized carbons (Fsp3) is 0.400. The van der Waals surface area contributed by atoms with Crippen molar-refractivity contribution in [2.75, 3.05) is 6.54 Å². The van der Waals surface area contributed by atoms with Crippen LogP contribution in [0.1, 0.15) is 35.5 Å². The van der Waals surface area contributed by atoms with Crippen molar-refractivity contribution in [3.63, 3.8) is 0 Å². The number of nitrogens with one attached hydrogen (secondary N) is 1. The summed E-state index contributed by atoms with van der Waals surface area (Å²) in [4.78, 5) is 15.4. The zero-order chi connectivity index (χ0) is 16.8. The molecule has 0 amide bonds. The molecule has 3 aromatic rings. The summed E-state index contributed by atoms with van der Waals surface area (Å²) in [6.45, 7) is 2.95. The Kier molecular flexibility index (Phi) is 3.86. The summed E-state index contributed by atoms with van der Waals surface area (Å²) in [5.41, 5.74) is 5.12. The molecule has 1 aliphatic heterocycles. The Bertz CT molecular complexity index is 929. The van der Waals surface area contributed by atoms with Gasteiger partial charge in [0.1, 0.15) is 5.82 Å². The van der Waals surface area contributed by atoms with E-state index in [1.54, 1.807) is 0 Å². The lowest BCUT2D eigenvalue weighted by molar-refractivity contribution is 0.241. The van der Waals surface area contributed by atoms with Gasteiger partial charge in [-0.3, -0.25) is 4.90 Å². The van der Waals surface area contributed by atoms with Crippen LogP contribution in [0.5, 0.6) is 0 Å². The molecular weight excluding hydrogens is 376 g/mol. The largest absolute Gasteiger partial charge is 0.361 e. The molecule has 3 heterocycles. The molecule has 5 rings (SSSR count). The Morgan fingerprint density at radius 3 is 3.08 bits per heavy atom. The molecule has 1 aromatic carbocycles. The Hall–Kier alpha value is -1.72. The average molecular weight is 397 g/mol. The first-order chi connectivity index (χ1) is 12.2. The van der Waals surface area contributed by atoms with E-state index in [1.165, 1.54) is 40.6 Å². The van der Waals surface area contributed by atoms with Crippen LogP contribution in [-0.4, -0.2) is 26.4 Å². The van der Waals surface area contributed by atoms with E-state index in [4.69, 9.17) is 4.98 Å². The van der Waals surface area contributed by atoms with E-state index in [9.17, 15) is 0 Å². The Labute approximate surface area is 155 Å². The molecule has 4 nitrogen and oxygen atoms in total. The minimum atomic E-state index is 0.836. The molecule has 1 aliphatic carbocycles. The van der Waals surface area contributed by atoms with Gasteiger partial charge < -0.3 is 4.98 Å². The van der Waals surface area contributed by atoms with E-state index in [-0.39, 0.29) is 0 Å². The number of benzene rings is 1. The maximum atomic E-state index is 4.88. The third-order valence-corrected chi connectivity index (χ3v) is 5.86. The van der Waals surface area contributed by atoms with Crippen LogP contribution in [0.3, 0.4) is 0 Å². The van der Waals surface area contributed by atoms with Gasteiger partial charge in [-0.2, -0.15) is 0 Å². The quantitative estimate of drug-likeness (QED) is 0.717. The van der Waals surface area contributed by atoms with E-state index in [1.807, 2.05) is 0 Å². The van der Waals surface area contributed by atoms with Gasteiger partial charge in [0.05, 0.1) is 5.69 Å². The van der Waals surface area contributed by atoms with Gasteiger partial charge in [0, 0.05) is 53.8 Å². The predicted octanol–water partition coefficient (Wildman–Crippen LogP) is 4.23. The molecule has 0 spiro atoms. The first kappa shape index (κ1) is 15.5. The topological polar surface area (TPSA) is 44.8 Å². The molecule has 0 unspecified atom stereocenters. The minimum absolute atomic E-state index is 0.836. The highest BCUT2D eigenvalue weighted by molar-refractivity contribution is 9.10. The monoisotopic (exact) mass is 396 g/mol. The molecule has 0 atom stereocenters. The SMILES string of the molecule is Brc1ccc2[nH]cc(CN3CCc4cnc(CC5CC5)nc4C3)c2c1. The molecule has 25 heavy (non-hydrogen) atoms. The first-order valence-electron chi connectivity index (χ1n) is 9.06. The van der Waals surface area contributed by atoms with Gasteiger partial charge in [-0.05, 0) is 54.5 Å². The summed E-state index contributed by atoms with van der Waals surface area (Å²) in [5.74, 6) is 1.88. The lowest BCUT2D eigenvalue weighted by atomic mass is 10.1. The van der Waals surface area contributed by atoms with Crippen LogP contribution in [-0.2, 0) is 25.9 Å². The number of halogens is 1. The standard InChI is InChI=1S/C20H21BrN4/c21-16-3-4-18-17(8-16)15(10-22-18)11-25-6-5-14-9-23-20(7-13-1-2-13)24-19(14)12-25/h3-4,8-10,13,22H,1-2,5-7,11-12H2. The van der Waals surface area contributed by atoms with Crippen molar-refractivity contribution < 1.29 is 0 Å². The molecule has 128 valence electrons. The van der Waals surface area contributed by atoms with Crippen LogP contribution >= 0.6 is 15.9 Å². The average Bonchev–Trinajstić information content (AvgIpc) is 3.35. The summed E-state index contributed by atoms with van der Waals surface area (Å²) in [5, 5.41) is 1.30. The van der Waals surface area contributed by atoms with Crippen LogP contribution in [0.15, 0.2) is 35.1 Å². The van der Waals surface area contributed by atoms with E-state index in [2.05, 4.69) is 61.4 Å². The molecule has 1 saturated carbocycles. The number of H-pyrrole nitrogens is 1. The molecule has 5 heteroatoms. The van der Waals surface area contributed by atoms with Crippen molar-refractivity contribution >= 4 is 26.8 Å². The lowest BCUT2D eigenvalue weighted by Gasteiger charge is -2.27. The van der Waals surface area contributed by atoms with Crippen LogP contribution < -0.4 is 0 Å². The third-order valence-electron chi connectivity index (χ3n) is 5.37. The molecule has 2 aliphatic rings. The van der Waals surface area contributed by atoms with Crippen molar-refractivity contribution in [1.29, 1.82) is 0 Å². The number of rotatable bonds is 4. The molecular formula is C20H21BrN4. The number of nitrogens with zero attached hydrogens (tertiary/aromatic N) is 3. The van der Waals surface area contributed by atoms with E-state index >= 15 is 0 Å². The van der Waals surface area contributed by atoms with Crippen molar-refractivity contribution in [3.05, 3.63) is 57.7 Å². The zero-order valence-corrected chi connectivity index (χ0v) is 15.7. The number of fused-ring (bicyclic) bond motifs is 2. The maximum absolute atomic E-state index is 4.88. The second-order valence-electron chi connectivity index (χ2n) is 7.37. The second kappa shape index (κ2) is 6.22. The van der Waals surface area contributed by atoms with Crippen LogP contribution in [0.2, 0.25) is 0 Å². The van der Waals surface area contributed by atoms with Gasteiger partial charge in [0.25, 0.3) is 0 Å². The van der Waals surface area contributed by atoms with E-state index < -0.39 is 0 Å². The highest BCUT2D eigenvalue weighted by Gasteiger charge is 2.24. The van der Waals surface area contributed by atoms with Gasteiger partial charge >= 0.3 is 0 Å². The van der Waals surface area contributed by atoms with Gasteiger partial charge in [-0.1, -0.05) is 15.9 Å². The smallest absolute Gasteiger partial charge is 0.128 e. The zero-order valence-electron chi connectivity index (χ0n) is 14.1. The van der Waals surface area contributed by atoms with Crippen LogP contribution in [0.4, 0.5) is 0 Å². The molecule has 0 bridgehead atoms. The summed E-state index contributed by atoms with van der Waals surface area (Å²) in [7, 11) is 0. The number of hydrogen-bond acceptors (Lipinski definition) is 3. The Balaban J connectivity index is 1.36. The van der Waals surface area contributed by atoms with Crippen molar-refractivity contribution in [2.45, 2.75) is 38.8 Å². The van der Waals surface area contributed by atoms with Gasteiger partial charge in [-0.25, -0.2) is 9.97 Å². The number of hydrogen-bond donors (Lipinski definition) is 1. The fourth-order valence-electron chi connectivity index (χ4n) is 3.73. The fourth-order valence-corrected chi connectivity index (χ4v) is 4.10. The van der Waals surface area contributed by atoms with Gasteiger partial charge in [0.2, 0.25) is 0 Å². The summed E-state index contributed by atoms with van der Waals surface area (Å²) in [6.07, 6.45) is 9.02. The molecule has 1 N–H and O–H groups in total. The van der Waals surface area contributed by atoms with Crippen molar-refractivity contribution in [1.82, 2.24) is 19.9 Å². The third kappa shape index (κ3) is 3.23. The lowest BCUT2D eigenvalue weighted by Crippen LogP contribution is -2.31. The predicted molar refractivity (Wildman–Crippen MR) is 102 cm³/mol.